The van der Waals surface area contributed by atoms with Crippen molar-refractivity contribution in [2.24, 2.45) is 13.0 Å². The van der Waals surface area contributed by atoms with Crippen molar-refractivity contribution in [2.45, 2.75) is 32.0 Å². The second kappa shape index (κ2) is 7.00. The summed E-state index contributed by atoms with van der Waals surface area (Å²) in [4.78, 5) is 26.4. The van der Waals surface area contributed by atoms with Gasteiger partial charge in [0.2, 0.25) is 5.91 Å². The molecule has 1 unspecified atom stereocenters. The molecular weight excluding hydrogens is 308 g/mol. The monoisotopic (exact) mass is 330 g/mol. The molecule has 24 heavy (non-hydrogen) atoms. The third-order valence-corrected chi connectivity index (χ3v) is 4.44. The zero-order valence-corrected chi connectivity index (χ0v) is 13.7. The first-order valence-corrected chi connectivity index (χ1v) is 8.13. The number of amides is 1. The fourth-order valence-corrected chi connectivity index (χ4v) is 2.90. The predicted molar refractivity (Wildman–Crippen MR) is 88.1 cm³/mol. The highest BCUT2D eigenvalue weighted by atomic mass is 16.3. The molecule has 7 heteroatoms. The molecule has 1 aliphatic rings. The second-order valence-corrected chi connectivity index (χ2v) is 6.28. The number of carbonyl (C=O) groups is 1. The standard InChI is InChI=1S/C17H22N4O3/c1-19-12-18-21(17(19)24)10-16(23)20(15(11-22)14-7-8-14)9-13-5-3-2-4-6-13/h2-6,12,14-15,22H,7-11H2,1H3. The van der Waals surface area contributed by atoms with E-state index in [-0.39, 0.29) is 30.8 Å². The van der Waals surface area contributed by atoms with Gasteiger partial charge in [0, 0.05) is 13.6 Å². The first kappa shape index (κ1) is 16.4. The molecule has 0 saturated heterocycles. The number of aromatic nitrogens is 3. The Morgan fingerprint density at radius 2 is 2.08 bits per heavy atom. The predicted octanol–water partition coefficient (Wildman–Crippen LogP) is 0.381. The van der Waals surface area contributed by atoms with Crippen LogP contribution >= 0.6 is 0 Å². The van der Waals surface area contributed by atoms with Crippen molar-refractivity contribution < 1.29 is 9.90 Å². The van der Waals surface area contributed by atoms with Gasteiger partial charge in [-0.3, -0.25) is 9.36 Å². The summed E-state index contributed by atoms with van der Waals surface area (Å²) in [5.74, 6) is 0.133. The molecule has 1 aliphatic carbocycles. The van der Waals surface area contributed by atoms with E-state index < -0.39 is 0 Å². The molecule has 7 nitrogen and oxygen atoms in total. The summed E-state index contributed by atoms with van der Waals surface area (Å²) in [6, 6.07) is 9.46. The lowest BCUT2D eigenvalue weighted by Gasteiger charge is -2.31. The molecule has 1 heterocycles. The van der Waals surface area contributed by atoms with Crippen LogP contribution in [-0.2, 0) is 24.9 Å². The van der Waals surface area contributed by atoms with Gasteiger partial charge in [-0.1, -0.05) is 30.3 Å². The Hall–Kier alpha value is -2.41. The van der Waals surface area contributed by atoms with Gasteiger partial charge in [-0.2, -0.15) is 5.10 Å². The maximum absolute atomic E-state index is 12.8. The van der Waals surface area contributed by atoms with Crippen molar-refractivity contribution in [3.8, 4) is 0 Å². The highest BCUT2D eigenvalue weighted by Crippen LogP contribution is 2.35. The molecule has 1 fully saturated rings. The average Bonchev–Trinajstić information content (AvgIpc) is 3.38. The van der Waals surface area contributed by atoms with Crippen molar-refractivity contribution >= 4 is 5.91 Å². The lowest BCUT2D eigenvalue weighted by atomic mass is 10.1. The molecular formula is C17H22N4O3. The first-order chi connectivity index (χ1) is 11.6. The Morgan fingerprint density at radius 1 is 1.38 bits per heavy atom. The lowest BCUT2D eigenvalue weighted by Crippen LogP contribution is -2.46. The third-order valence-electron chi connectivity index (χ3n) is 4.44. The van der Waals surface area contributed by atoms with Gasteiger partial charge in [-0.05, 0) is 24.3 Å². The molecule has 1 aromatic carbocycles. The van der Waals surface area contributed by atoms with Crippen molar-refractivity contribution in [1.82, 2.24) is 19.2 Å². The van der Waals surface area contributed by atoms with Crippen LogP contribution in [-0.4, -0.2) is 42.9 Å². The summed E-state index contributed by atoms with van der Waals surface area (Å²) >= 11 is 0. The van der Waals surface area contributed by atoms with E-state index in [1.165, 1.54) is 10.9 Å². The molecule has 1 amide bonds. The number of aryl methyl sites for hydroxylation is 1. The molecule has 2 aromatic rings. The summed E-state index contributed by atoms with van der Waals surface area (Å²) < 4.78 is 2.49. The quantitative estimate of drug-likeness (QED) is 0.796. The first-order valence-electron chi connectivity index (χ1n) is 8.13. The number of hydrogen-bond donors (Lipinski definition) is 1. The minimum absolute atomic E-state index is 0.0691. The van der Waals surface area contributed by atoms with Crippen LogP contribution < -0.4 is 5.69 Å². The molecule has 1 saturated carbocycles. The maximum Gasteiger partial charge on any atom is 0.345 e. The van der Waals surface area contributed by atoms with Crippen LogP contribution in [0.25, 0.3) is 0 Å². The molecule has 0 spiro atoms. The molecule has 3 rings (SSSR count). The molecule has 0 bridgehead atoms. The summed E-state index contributed by atoms with van der Waals surface area (Å²) in [6.45, 7) is 0.235. The van der Waals surface area contributed by atoms with Crippen molar-refractivity contribution in [3.63, 3.8) is 0 Å². The Balaban J connectivity index is 1.81. The van der Waals surface area contributed by atoms with E-state index in [0.29, 0.717) is 12.5 Å². The number of aliphatic hydroxyl groups is 1. The van der Waals surface area contributed by atoms with E-state index in [9.17, 15) is 14.7 Å². The smallest absolute Gasteiger partial charge is 0.345 e. The largest absolute Gasteiger partial charge is 0.394 e. The van der Waals surface area contributed by atoms with Gasteiger partial charge in [-0.25, -0.2) is 9.48 Å². The molecule has 0 aliphatic heterocycles. The SMILES string of the molecule is Cn1cnn(CC(=O)N(Cc2ccccc2)C(CO)C2CC2)c1=O. The van der Waals surface area contributed by atoms with Gasteiger partial charge in [0.05, 0.1) is 12.6 Å². The zero-order chi connectivity index (χ0) is 17.1. The summed E-state index contributed by atoms with van der Waals surface area (Å²) in [5.41, 5.74) is 0.674. The fourth-order valence-electron chi connectivity index (χ4n) is 2.90. The second-order valence-electron chi connectivity index (χ2n) is 6.28. The number of aliphatic hydroxyl groups excluding tert-OH is 1. The normalized spacial score (nSPS) is 15.2. The maximum atomic E-state index is 12.8. The van der Waals surface area contributed by atoms with E-state index in [4.69, 9.17) is 0 Å². The van der Waals surface area contributed by atoms with Crippen LogP contribution in [0.1, 0.15) is 18.4 Å². The van der Waals surface area contributed by atoms with Crippen LogP contribution in [0, 0.1) is 5.92 Å². The number of rotatable bonds is 7. The topological polar surface area (TPSA) is 80.4 Å². The molecule has 1 N–H and O–H groups in total. The summed E-state index contributed by atoms with van der Waals surface area (Å²) in [5, 5.41) is 13.7. The fraction of sp³-hybridized carbons (Fsp3) is 0.471. The van der Waals surface area contributed by atoms with E-state index >= 15 is 0 Å². The van der Waals surface area contributed by atoms with Crippen LogP contribution in [0.15, 0.2) is 41.5 Å². The Morgan fingerprint density at radius 3 is 2.62 bits per heavy atom. The van der Waals surface area contributed by atoms with Gasteiger partial charge in [0.15, 0.2) is 0 Å². The highest BCUT2D eigenvalue weighted by Gasteiger charge is 2.37. The van der Waals surface area contributed by atoms with E-state index in [1.807, 2.05) is 30.3 Å². The molecule has 128 valence electrons. The Kier molecular flexibility index (Phi) is 4.80. The number of nitrogens with zero attached hydrogens (tertiary/aromatic N) is 4. The Bertz CT molecular complexity index is 749. The third kappa shape index (κ3) is 3.56. The number of benzene rings is 1. The molecule has 0 radical (unpaired) electrons. The highest BCUT2D eigenvalue weighted by molar-refractivity contribution is 5.76. The molecule has 1 atom stereocenters. The number of carbonyl (C=O) groups excluding carboxylic acids is 1. The van der Waals surface area contributed by atoms with E-state index in [1.54, 1.807) is 11.9 Å². The minimum Gasteiger partial charge on any atom is -0.394 e. The van der Waals surface area contributed by atoms with Crippen LogP contribution in [0.3, 0.4) is 0 Å². The summed E-state index contributed by atoms with van der Waals surface area (Å²) in [7, 11) is 1.60. The van der Waals surface area contributed by atoms with Gasteiger partial charge in [-0.15, -0.1) is 0 Å². The van der Waals surface area contributed by atoms with Crippen LogP contribution in [0.4, 0.5) is 0 Å². The lowest BCUT2D eigenvalue weighted by molar-refractivity contribution is -0.136. The van der Waals surface area contributed by atoms with Crippen molar-refractivity contribution in [1.29, 1.82) is 0 Å². The minimum atomic E-state index is -0.324. The van der Waals surface area contributed by atoms with Crippen molar-refractivity contribution in [3.05, 3.63) is 52.7 Å². The van der Waals surface area contributed by atoms with Crippen LogP contribution in [0.5, 0.6) is 0 Å². The van der Waals surface area contributed by atoms with E-state index in [0.717, 1.165) is 23.1 Å². The van der Waals surface area contributed by atoms with Crippen molar-refractivity contribution in [2.75, 3.05) is 6.61 Å². The van der Waals surface area contributed by atoms with Gasteiger partial charge >= 0.3 is 5.69 Å². The van der Waals surface area contributed by atoms with Gasteiger partial charge in [0.1, 0.15) is 12.9 Å². The van der Waals surface area contributed by atoms with Gasteiger partial charge in [0.25, 0.3) is 0 Å². The molecule has 1 aromatic heterocycles. The van der Waals surface area contributed by atoms with Crippen LogP contribution in [0.2, 0.25) is 0 Å². The summed E-state index contributed by atoms with van der Waals surface area (Å²) in [6.07, 6.45) is 3.43. The number of hydrogen-bond acceptors (Lipinski definition) is 4. The average molecular weight is 330 g/mol. The Labute approximate surface area is 140 Å². The zero-order valence-electron chi connectivity index (χ0n) is 13.7. The van der Waals surface area contributed by atoms with E-state index in [2.05, 4.69) is 5.10 Å². The van der Waals surface area contributed by atoms with Gasteiger partial charge < -0.3 is 10.0 Å².